The highest BCUT2D eigenvalue weighted by molar-refractivity contribution is 5.91. The number of hydrogen-bond donors (Lipinski definition) is 0. The normalized spacial score (nSPS) is 11.0. The Morgan fingerprint density at radius 1 is 0.903 bits per heavy atom. The summed E-state index contributed by atoms with van der Waals surface area (Å²) in [6.45, 7) is 14.3. The Morgan fingerprint density at radius 3 is 2.19 bits per heavy atom. The number of pyridine rings is 1. The first kappa shape index (κ1) is 22.8. The van der Waals surface area contributed by atoms with E-state index in [-0.39, 0.29) is 5.91 Å². The van der Waals surface area contributed by atoms with E-state index in [1.165, 1.54) is 33.4 Å². The first-order chi connectivity index (χ1) is 14.8. The van der Waals surface area contributed by atoms with Gasteiger partial charge >= 0.3 is 0 Å². The molecule has 31 heavy (non-hydrogen) atoms. The Kier molecular flexibility index (Phi) is 7.32. The van der Waals surface area contributed by atoms with Crippen molar-refractivity contribution in [2.24, 2.45) is 0 Å². The van der Waals surface area contributed by atoms with E-state index in [1.807, 2.05) is 35.2 Å². The van der Waals surface area contributed by atoms with E-state index in [0.717, 1.165) is 24.3 Å². The monoisotopic (exact) mass is 418 g/mol. The van der Waals surface area contributed by atoms with Crippen LogP contribution < -0.4 is 0 Å². The van der Waals surface area contributed by atoms with Crippen molar-refractivity contribution in [3.63, 3.8) is 0 Å². The van der Waals surface area contributed by atoms with Gasteiger partial charge in [-0.3, -0.25) is 9.78 Å². The SMILES string of the molecule is CCCN(CCc1ccccn1)C(=O)c1ccc(Cc2c(C)c(C)c(C)c(C)c2C)o1. The molecule has 1 aromatic carbocycles. The minimum absolute atomic E-state index is 0.0475. The maximum Gasteiger partial charge on any atom is 0.289 e. The first-order valence-electron chi connectivity index (χ1n) is 11.2. The highest BCUT2D eigenvalue weighted by Crippen LogP contribution is 2.28. The number of aromatic nitrogens is 1. The van der Waals surface area contributed by atoms with Gasteiger partial charge in [-0.1, -0.05) is 13.0 Å². The third-order valence-corrected chi connectivity index (χ3v) is 6.52. The molecule has 2 aromatic heterocycles. The predicted octanol–water partition coefficient (Wildman–Crippen LogP) is 5.90. The Morgan fingerprint density at radius 2 is 1.58 bits per heavy atom. The molecule has 3 rings (SSSR count). The lowest BCUT2D eigenvalue weighted by molar-refractivity contribution is 0.0723. The molecule has 0 unspecified atom stereocenters. The smallest absolute Gasteiger partial charge is 0.289 e. The van der Waals surface area contributed by atoms with E-state index in [1.54, 1.807) is 6.20 Å². The van der Waals surface area contributed by atoms with Crippen LogP contribution in [-0.4, -0.2) is 28.9 Å². The number of carbonyl (C=O) groups is 1. The van der Waals surface area contributed by atoms with Crippen LogP contribution in [0.1, 0.15) is 68.7 Å². The van der Waals surface area contributed by atoms with E-state index in [2.05, 4.69) is 46.5 Å². The number of hydrogen-bond acceptors (Lipinski definition) is 3. The van der Waals surface area contributed by atoms with E-state index >= 15 is 0 Å². The van der Waals surface area contributed by atoms with Gasteiger partial charge in [-0.2, -0.15) is 0 Å². The van der Waals surface area contributed by atoms with Gasteiger partial charge in [0.2, 0.25) is 0 Å². The lowest BCUT2D eigenvalue weighted by Gasteiger charge is -2.21. The third-order valence-electron chi connectivity index (χ3n) is 6.52. The molecule has 0 atom stereocenters. The van der Waals surface area contributed by atoms with Gasteiger partial charge < -0.3 is 9.32 Å². The Labute approximate surface area is 186 Å². The van der Waals surface area contributed by atoms with Crippen LogP contribution in [0.25, 0.3) is 0 Å². The number of nitrogens with zero attached hydrogens (tertiary/aromatic N) is 2. The largest absolute Gasteiger partial charge is 0.456 e. The summed E-state index contributed by atoms with van der Waals surface area (Å²) in [5.41, 5.74) is 8.95. The molecule has 0 fully saturated rings. The van der Waals surface area contributed by atoms with Crippen molar-refractivity contribution in [2.75, 3.05) is 13.1 Å². The Hall–Kier alpha value is -2.88. The van der Waals surface area contributed by atoms with E-state index < -0.39 is 0 Å². The molecule has 0 aliphatic carbocycles. The minimum atomic E-state index is -0.0475. The van der Waals surface area contributed by atoms with Crippen molar-refractivity contribution in [3.8, 4) is 0 Å². The standard InChI is InChI=1S/C27H34N2O2/c1-7-15-29(16-13-23-10-8-9-14-28-23)27(30)26-12-11-24(31-26)17-25-21(5)19(3)18(2)20(4)22(25)6/h8-12,14H,7,13,15-17H2,1-6H3. The van der Waals surface area contributed by atoms with Crippen LogP contribution in [0.4, 0.5) is 0 Å². The predicted molar refractivity (Wildman–Crippen MR) is 126 cm³/mol. The van der Waals surface area contributed by atoms with Crippen LogP contribution in [0.5, 0.6) is 0 Å². The lowest BCUT2D eigenvalue weighted by Crippen LogP contribution is -2.33. The lowest BCUT2D eigenvalue weighted by atomic mass is 9.88. The summed E-state index contributed by atoms with van der Waals surface area (Å²) in [4.78, 5) is 19.4. The van der Waals surface area contributed by atoms with Crippen molar-refractivity contribution < 1.29 is 9.21 Å². The van der Waals surface area contributed by atoms with Gasteiger partial charge in [-0.25, -0.2) is 0 Å². The van der Waals surface area contributed by atoms with Crippen LogP contribution in [0, 0.1) is 34.6 Å². The minimum Gasteiger partial charge on any atom is -0.456 e. The van der Waals surface area contributed by atoms with Gasteiger partial charge in [-0.15, -0.1) is 0 Å². The molecule has 0 saturated heterocycles. The summed E-state index contributed by atoms with van der Waals surface area (Å²) in [5.74, 6) is 1.20. The zero-order chi connectivity index (χ0) is 22.5. The van der Waals surface area contributed by atoms with Gasteiger partial charge in [0.1, 0.15) is 5.76 Å². The molecule has 0 aliphatic heterocycles. The van der Waals surface area contributed by atoms with Gasteiger partial charge in [0, 0.05) is 37.8 Å². The van der Waals surface area contributed by atoms with Gasteiger partial charge in [0.25, 0.3) is 5.91 Å². The fraction of sp³-hybridized carbons (Fsp3) is 0.407. The molecule has 164 valence electrons. The van der Waals surface area contributed by atoms with Gasteiger partial charge in [-0.05, 0) is 98.7 Å². The maximum atomic E-state index is 13.1. The maximum absolute atomic E-state index is 13.1. The van der Waals surface area contributed by atoms with Crippen LogP contribution in [0.15, 0.2) is 40.9 Å². The quantitative estimate of drug-likeness (QED) is 0.457. The van der Waals surface area contributed by atoms with E-state index in [0.29, 0.717) is 25.3 Å². The summed E-state index contributed by atoms with van der Waals surface area (Å²) in [6, 6.07) is 9.64. The second-order valence-corrected chi connectivity index (χ2v) is 8.41. The first-order valence-corrected chi connectivity index (χ1v) is 11.2. The molecule has 4 heteroatoms. The highest BCUT2D eigenvalue weighted by atomic mass is 16.4. The Bertz CT molecular complexity index is 1020. The number of rotatable bonds is 8. The molecule has 0 spiro atoms. The number of carbonyl (C=O) groups excluding carboxylic acids is 1. The third kappa shape index (κ3) is 5.07. The molecule has 2 heterocycles. The summed E-state index contributed by atoms with van der Waals surface area (Å²) < 4.78 is 6.04. The van der Waals surface area contributed by atoms with Crippen LogP contribution in [0.3, 0.4) is 0 Å². The molecule has 0 radical (unpaired) electrons. The van der Waals surface area contributed by atoms with Crippen molar-refractivity contribution in [1.29, 1.82) is 0 Å². The molecular formula is C27H34N2O2. The fourth-order valence-electron chi connectivity index (χ4n) is 4.14. The van der Waals surface area contributed by atoms with Crippen LogP contribution >= 0.6 is 0 Å². The van der Waals surface area contributed by atoms with Gasteiger partial charge in [0.05, 0.1) is 0 Å². The summed E-state index contributed by atoms with van der Waals surface area (Å²) in [6.07, 6.45) is 4.13. The van der Waals surface area contributed by atoms with E-state index in [9.17, 15) is 4.79 Å². The Balaban J connectivity index is 1.76. The van der Waals surface area contributed by atoms with Crippen molar-refractivity contribution >= 4 is 5.91 Å². The highest BCUT2D eigenvalue weighted by Gasteiger charge is 2.20. The topological polar surface area (TPSA) is 46.3 Å². The average molecular weight is 419 g/mol. The second-order valence-electron chi connectivity index (χ2n) is 8.41. The van der Waals surface area contributed by atoms with Crippen LogP contribution in [0.2, 0.25) is 0 Å². The number of amides is 1. The summed E-state index contributed by atoms with van der Waals surface area (Å²) in [5, 5.41) is 0. The number of furan rings is 1. The summed E-state index contributed by atoms with van der Waals surface area (Å²) >= 11 is 0. The molecular weight excluding hydrogens is 384 g/mol. The summed E-state index contributed by atoms with van der Waals surface area (Å²) in [7, 11) is 0. The van der Waals surface area contributed by atoms with Crippen molar-refractivity contribution in [1.82, 2.24) is 9.88 Å². The molecule has 0 saturated carbocycles. The molecule has 0 aliphatic rings. The average Bonchev–Trinajstić information content (AvgIpc) is 3.25. The van der Waals surface area contributed by atoms with Gasteiger partial charge in [0.15, 0.2) is 5.76 Å². The fourth-order valence-corrected chi connectivity index (χ4v) is 4.14. The molecule has 4 nitrogen and oxygen atoms in total. The van der Waals surface area contributed by atoms with Crippen molar-refractivity contribution in [3.05, 3.63) is 87.1 Å². The molecule has 3 aromatic rings. The molecule has 0 bridgehead atoms. The zero-order valence-corrected chi connectivity index (χ0v) is 19.7. The van der Waals surface area contributed by atoms with E-state index in [4.69, 9.17) is 4.42 Å². The van der Waals surface area contributed by atoms with Crippen molar-refractivity contribution in [2.45, 2.75) is 60.8 Å². The zero-order valence-electron chi connectivity index (χ0n) is 19.7. The van der Waals surface area contributed by atoms with Crippen LogP contribution in [-0.2, 0) is 12.8 Å². The number of benzene rings is 1. The molecule has 1 amide bonds. The molecule has 0 N–H and O–H groups in total. The second kappa shape index (κ2) is 9.95.